The van der Waals surface area contributed by atoms with Crippen molar-refractivity contribution in [2.24, 2.45) is 27.6 Å². The van der Waals surface area contributed by atoms with E-state index in [0.29, 0.717) is 28.7 Å². The van der Waals surface area contributed by atoms with Gasteiger partial charge in [-0.05, 0) is 31.2 Å². The molecule has 180 valence electrons. The number of nitrogens with zero attached hydrogens (tertiary/aromatic N) is 5. The summed E-state index contributed by atoms with van der Waals surface area (Å²) in [6, 6.07) is 12.7. The number of aromatic nitrogens is 2. The summed E-state index contributed by atoms with van der Waals surface area (Å²) in [5.41, 5.74) is 12.6. The van der Waals surface area contributed by atoms with Gasteiger partial charge < -0.3 is 26.0 Å². The van der Waals surface area contributed by atoms with Gasteiger partial charge in [-0.2, -0.15) is 16.4 Å². The number of hydrogen-bond acceptors (Lipinski definition) is 9. The topological polar surface area (TPSA) is 191 Å². The van der Waals surface area contributed by atoms with Crippen LogP contribution in [0.5, 0.6) is 5.75 Å². The number of imidazole rings is 1. The average Bonchev–Trinajstić information content (AvgIpc) is 3.30. The summed E-state index contributed by atoms with van der Waals surface area (Å²) >= 11 is 0. The number of nitrogen functional groups attached to an aromatic ring is 1. The second-order valence-electron chi connectivity index (χ2n) is 6.85. The molecule has 0 atom stereocenters. The van der Waals surface area contributed by atoms with Crippen LogP contribution >= 0.6 is 0 Å². The number of aliphatic imine (C=N–C) groups is 1. The molecule has 0 bridgehead atoms. The summed E-state index contributed by atoms with van der Waals surface area (Å²) in [5.74, 6) is 18.5. The molecular weight excluding hydrogens is 436 g/mol. The minimum absolute atomic E-state index is 0.157. The Kier molecular flexibility index (Phi) is 9.56. The van der Waals surface area contributed by atoms with E-state index in [4.69, 9.17) is 33.1 Å². The number of benzene rings is 2. The van der Waals surface area contributed by atoms with E-state index in [9.17, 15) is 0 Å². The van der Waals surface area contributed by atoms with Crippen LogP contribution in [0.15, 0.2) is 65.1 Å². The van der Waals surface area contributed by atoms with Crippen LogP contribution in [0.3, 0.4) is 0 Å². The van der Waals surface area contributed by atoms with Gasteiger partial charge in [0.05, 0.1) is 31.0 Å². The first-order valence-corrected chi connectivity index (χ1v) is 10.1. The number of hydrazone groups is 2. The molecule has 0 spiro atoms. The lowest BCUT2D eigenvalue weighted by atomic mass is 10.1. The highest BCUT2D eigenvalue weighted by molar-refractivity contribution is 6.38. The minimum atomic E-state index is 0.157. The quantitative estimate of drug-likeness (QED) is 0.0708. The molecule has 1 heterocycles. The molecule has 0 saturated heterocycles. The van der Waals surface area contributed by atoms with E-state index in [0.717, 1.165) is 24.1 Å². The number of ether oxygens (including phenoxy) is 1. The number of amidine groups is 1. The van der Waals surface area contributed by atoms with E-state index >= 15 is 0 Å². The molecule has 0 aliphatic rings. The van der Waals surface area contributed by atoms with E-state index in [-0.39, 0.29) is 6.54 Å². The summed E-state index contributed by atoms with van der Waals surface area (Å²) in [6.07, 6.45) is 5.18. The summed E-state index contributed by atoms with van der Waals surface area (Å²) in [6.45, 7) is 2.08. The van der Waals surface area contributed by atoms with E-state index < -0.39 is 0 Å². The van der Waals surface area contributed by atoms with E-state index in [1.54, 1.807) is 43.9 Å². The fourth-order valence-electron chi connectivity index (χ4n) is 3.03. The van der Waals surface area contributed by atoms with Crippen LogP contribution in [0.1, 0.15) is 11.3 Å². The van der Waals surface area contributed by atoms with Crippen molar-refractivity contribution in [1.82, 2.24) is 15.0 Å². The highest BCUT2D eigenvalue weighted by Crippen LogP contribution is 2.24. The minimum Gasteiger partial charge on any atom is -0.495 e. The second-order valence-corrected chi connectivity index (χ2v) is 6.85. The van der Waals surface area contributed by atoms with Gasteiger partial charge >= 0.3 is 5.84 Å². The van der Waals surface area contributed by atoms with Gasteiger partial charge in [0.15, 0.2) is 5.69 Å². The predicted octanol–water partition coefficient (Wildman–Crippen LogP) is 0.193. The van der Waals surface area contributed by atoms with E-state index in [1.165, 1.54) is 4.68 Å². The summed E-state index contributed by atoms with van der Waals surface area (Å²) in [5, 5.41) is 10.8. The zero-order valence-corrected chi connectivity index (χ0v) is 19.4. The van der Waals surface area contributed by atoms with Crippen LogP contribution in [0.2, 0.25) is 0 Å². The molecule has 0 aliphatic carbocycles. The first kappa shape index (κ1) is 25.8. The third-order valence-electron chi connectivity index (χ3n) is 4.66. The molecule has 12 heteroatoms. The lowest BCUT2D eigenvalue weighted by Gasteiger charge is -2.11. The third kappa shape index (κ3) is 6.31. The Bertz CT molecular complexity index is 1180. The maximum absolute atomic E-state index is 7.00. The molecule has 2 aromatic carbocycles. The van der Waals surface area contributed by atoms with E-state index in [2.05, 4.69) is 20.5 Å². The summed E-state index contributed by atoms with van der Waals surface area (Å²) in [4.78, 5) is 8.63. The van der Waals surface area contributed by atoms with Crippen LogP contribution in [0, 0.1) is 6.92 Å². The van der Waals surface area contributed by atoms with Crippen molar-refractivity contribution in [1.29, 1.82) is 0 Å². The van der Waals surface area contributed by atoms with Gasteiger partial charge in [-0.3, -0.25) is 10.8 Å². The van der Waals surface area contributed by atoms with Crippen LogP contribution < -0.4 is 33.4 Å². The number of anilines is 1. The van der Waals surface area contributed by atoms with Crippen molar-refractivity contribution in [2.75, 3.05) is 26.5 Å². The van der Waals surface area contributed by atoms with Crippen molar-refractivity contribution < 1.29 is 14.5 Å². The molecule has 3 rings (SSSR count). The van der Waals surface area contributed by atoms with Gasteiger partial charge in [0.25, 0.3) is 0 Å². The van der Waals surface area contributed by atoms with Gasteiger partial charge in [-0.15, -0.1) is 4.68 Å². The highest BCUT2D eigenvalue weighted by atomic mass is 16.5. The lowest BCUT2D eigenvalue weighted by Crippen LogP contribution is -2.41. The Hall–Kier alpha value is -4.42. The molecule has 0 aliphatic heterocycles. The Morgan fingerprint density at radius 2 is 2.03 bits per heavy atom. The maximum Gasteiger partial charge on any atom is 0.313 e. The van der Waals surface area contributed by atoms with Gasteiger partial charge in [-0.25, -0.2) is 4.98 Å². The zero-order chi connectivity index (χ0) is 25.1. The Balaban J connectivity index is 0.00000199. The fourth-order valence-corrected chi connectivity index (χ4v) is 3.03. The molecule has 0 saturated carbocycles. The average molecular weight is 468 g/mol. The smallest absolute Gasteiger partial charge is 0.313 e. The van der Waals surface area contributed by atoms with Crippen molar-refractivity contribution in [2.45, 2.75) is 6.92 Å². The number of aliphatic hydroxyl groups excluding tert-OH is 1. The molecule has 34 heavy (non-hydrogen) atoms. The molecule has 3 aromatic rings. The van der Waals surface area contributed by atoms with Crippen molar-refractivity contribution in [3.05, 3.63) is 66.2 Å². The number of hydrogen-bond donors (Lipinski definition) is 6. The third-order valence-corrected chi connectivity index (χ3v) is 4.66. The van der Waals surface area contributed by atoms with Crippen LogP contribution in [-0.2, 0) is 0 Å². The van der Waals surface area contributed by atoms with Gasteiger partial charge in [0.1, 0.15) is 18.0 Å². The predicted molar refractivity (Wildman–Crippen MR) is 134 cm³/mol. The second kappa shape index (κ2) is 12.6. The van der Waals surface area contributed by atoms with Crippen molar-refractivity contribution in [3.63, 3.8) is 0 Å². The first-order valence-electron chi connectivity index (χ1n) is 10.1. The molecule has 0 unspecified atom stereocenters. The van der Waals surface area contributed by atoms with Crippen LogP contribution in [0.4, 0.5) is 11.4 Å². The lowest BCUT2D eigenvalue weighted by molar-refractivity contribution is -0.455. The molecular formula is C22H31N10O2+. The number of methoxy groups -OCH3 is 1. The standard InChI is InChI=1S/C21H26N10O.CH4O/c1-14-12-30(13-27-14)19-7-6-15(8-20(19)32-2)18(28-23)10-26-11-21(29-24)31(25)17-5-3-4-16(22)9-17;1-2/h3-10,12-13H,11,22,24-25H2,1-2H3,(H2,23,26);2H,1H3/p+1. The Labute approximate surface area is 197 Å². The molecule has 0 radical (unpaired) electrons. The number of aliphatic hydroxyl groups is 1. The number of nitrogens with one attached hydrogen (secondary N) is 1. The van der Waals surface area contributed by atoms with Crippen molar-refractivity contribution >= 4 is 29.1 Å². The van der Waals surface area contributed by atoms with Crippen LogP contribution in [0.25, 0.3) is 5.69 Å². The molecule has 10 N–H and O–H groups in total. The number of rotatable bonds is 7. The number of hydrazine groups is 2. The zero-order valence-electron chi connectivity index (χ0n) is 19.4. The number of aryl methyl sites for hydroxylation is 1. The SMILES string of the molecule is CO.COc1cc(/C(C=NC/C(NN)=[N+](/N)c2cccc(N)c2)=N/N)ccc1-n1cnc(C)c1. The first-order chi connectivity index (χ1) is 16.5. The van der Waals surface area contributed by atoms with Crippen LogP contribution in [-0.4, -0.2) is 57.9 Å². The molecule has 12 nitrogen and oxygen atoms in total. The molecule has 1 aromatic heterocycles. The molecule has 0 amide bonds. The monoisotopic (exact) mass is 467 g/mol. The highest BCUT2D eigenvalue weighted by Gasteiger charge is 2.13. The normalized spacial score (nSPS) is 12.1. The molecule has 0 fully saturated rings. The fraction of sp³-hybridized carbons (Fsp3) is 0.182. The summed E-state index contributed by atoms with van der Waals surface area (Å²) < 4.78 is 8.80. The van der Waals surface area contributed by atoms with Gasteiger partial charge in [0, 0.05) is 30.6 Å². The van der Waals surface area contributed by atoms with E-state index in [1.807, 2.05) is 35.9 Å². The number of nitrogens with two attached hydrogens (primary N) is 4. The maximum atomic E-state index is 7.00. The van der Waals surface area contributed by atoms with Crippen molar-refractivity contribution in [3.8, 4) is 11.4 Å². The Morgan fingerprint density at radius 1 is 1.26 bits per heavy atom. The van der Waals surface area contributed by atoms with Gasteiger partial charge in [0.2, 0.25) is 0 Å². The largest absolute Gasteiger partial charge is 0.495 e. The van der Waals surface area contributed by atoms with Gasteiger partial charge in [-0.1, -0.05) is 12.1 Å². The summed E-state index contributed by atoms with van der Waals surface area (Å²) in [7, 11) is 2.60. The Morgan fingerprint density at radius 3 is 2.62 bits per heavy atom.